The Morgan fingerprint density at radius 1 is 1.44 bits per heavy atom. The summed E-state index contributed by atoms with van der Waals surface area (Å²) in [5.74, 6) is 0. The van der Waals surface area contributed by atoms with Crippen LogP contribution in [0.3, 0.4) is 0 Å². The summed E-state index contributed by atoms with van der Waals surface area (Å²) >= 11 is 0. The molecule has 0 aliphatic rings. The van der Waals surface area contributed by atoms with Crippen molar-refractivity contribution in [3.63, 3.8) is 0 Å². The molecule has 0 bridgehead atoms. The molecule has 9 heavy (non-hydrogen) atoms. The van der Waals surface area contributed by atoms with Gasteiger partial charge in [-0.3, -0.25) is 0 Å². The van der Waals surface area contributed by atoms with E-state index in [-0.39, 0.29) is 6.10 Å². The molecule has 0 aromatic rings. The van der Waals surface area contributed by atoms with E-state index in [1.165, 1.54) is 0 Å². The standard InChI is InChI=1S/C6H16N2O/c1-6(9)5-8-4-3-7-2/h6-9H,3-5H2,1-2H3. The zero-order valence-corrected chi connectivity index (χ0v) is 6.15. The smallest absolute Gasteiger partial charge is 0.0636 e. The van der Waals surface area contributed by atoms with Gasteiger partial charge in [-0.1, -0.05) is 0 Å². The SMILES string of the molecule is CNCCNCC(C)O. The first-order chi connectivity index (χ1) is 4.27. The van der Waals surface area contributed by atoms with Crippen LogP contribution in [0.15, 0.2) is 0 Å². The highest BCUT2D eigenvalue weighted by molar-refractivity contribution is 4.52. The highest BCUT2D eigenvalue weighted by atomic mass is 16.3. The molecule has 0 aromatic carbocycles. The second-order valence-electron chi connectivity index (χ2n) is 2.16. The summed E-state index contributed by atoms with van der Waals surface area (Å²) in [5, 5.41) is 14.8. The number of rotatable bonds is 5. The Morgan fingerprint density at radius 2 is 2.11 bits per heavy atom. The maximum absolute atomic E-state index is 8.77. The zero-order chi connectivity index (χ0) is 7.11. The van der Waals surface area contributed by atoms with E-state index in [9.17, 15) is 0 Å². The second kappa shape index (κ2) is 6.01. The summed E-state index contributed by atoms with van der Waals surface area (Å²) in [6.45, 7) is 4.32. The van der Waals surface area contributed by atoms with Crippen LogP contribution < -0.4 is 10.6 Å². The van der Waals surface area contributed by atoms with Crippen molar-refractivity contribution in [2.24, 2.45) is 0 Å². The first-order valence-corrected chi connectivity index (χ1v) is 3.30. The minimum atomic E-state index is -0.234. The van der Waals surface area contributed by atoms with Gasteiger partial charge in [-0.25, -0.2) is 0 Å². The second-order valence-corrected chi connectivity index (χ2v) is 2.16. The summed E-state index contributed by atoms with van der Waals surface area (Å²) in [4.78, 5) is 0. The topological polar surface area (TPSA) is 44.3 Å². The van der Waals surface area contributed by atoms with Crippen LogP contribution in [-0.2, 0) is 0 Å². The van der Waals surface area contributed by atoms with E-state index in [4.69, 9.17) is 5.11 Å². The van der Waals surface area contributed by atoms with Gasteiger partial charge < -0.3 is 15.7 Å². The van der Waals surface area contributed by atoms with Crippen LogP contribution in [0.4, 0.5) is 0 Å². The number of hydrogen-bond acceptors (Lipinski definition) is 3. The summed E-state index contributed by atoms with van der Waals surface area (Å²) in [6, 6.07) is 0. The van der Waals surface area contributed by atoms with Crippen LogP contribution in [0.25, 0.3) is 0 Å². The number of aliphatic hydroxyl groups is 1. The highest BCUT2D eigenvalue weighted by Crippen LogP contribution is 1.72. The van der Waals surface area contributed by atoms with Crippen LogP contribution in [0.2, 0.25) is 0 Å². The summed E-state index contributed by atoms with van der Waals surface area (Å²) < 4.78 is 0. The van der Waals surface area contributed by atoms with E-state index in [2.05, 4.69) is 10.6 Å². The number of nitrogens with one attached hydrogen (secondary N) is 2. The van der Waals surface area contributed by atoms with Gasteiger partial charge >= 0.3 is 0 Å². The van der Waals surface area contributed by atoms with Gasteiger partial charge in [0.15, 0.2) is 0 Å². The van der Waals surface area contributed by atoms with Crippen LogP contribution in [0.1, 0.15) is 6.92 Å². The van der Waals surface area contributed by atoms with Crippen LogP contribution >= 0.6 is 0 Å². The summed E-state index contributed by atoms with van der Waals surface area (Å²) in [5.41, 5.74) is 0. The first-order valence-electron chi connectivity index (χ1n) is 3.30. The summed E-state index contributed by atoms with van der Waals surface area (Å²) in [7, 11) is 1.91. The highest BCUT2D eigenvalue weighted by Gasteiger charge is 1.91. The third-order valence-corrected chi connectivity index (χ3v) is 0.992. The monoisotopic (exact) mass is 132 g/mol. The molecule has 0 aromatic heterocycles. The van der Waals surface area contributed by atoms with Gasteiger partial charge in [-0.05, 0) is 14.0 Å². The van der Waals surface area contributed by atoms with E-state index in [1.54, 1.807) is 6.92 Å². The quantitative estimate of drug-likeness (QED) is 0.428. The first kappa shape index (κ1) is 8.88. The third-order valence-electron chi connectivity index (χ3n) is 0.992. The lowest BCUT2D eigenvalue weighted by atomic mass is 10.4. The van der Waals surface area contributed by atoms with Crippen molar-refractivity contribution in [3.8, 4) is 0 Å². The van der Waals surface area contributed by atoms with Crippen molar-refractivity contribution >= 4 is 0 Å². The number of hydrogen-bond donors (Lipinski definition) is 3. The van der Waals surface area contributed by atoms with Gasteiger partial charge in [0.25, 0.3) is 0 Å². The average molecular weight is 132 g/mol. The van der Waals surface area contributed by atoms with Crippen molar-refractivity contribution in [1.29, 1.82) is 0 Å². The molecule has 0 saturated heterocycles. The molecule has 3 N–H and O–H groups in total. The fraction of sp³-hybridized carbons (Fsp3) is 1.00. The fourth-order valence-corrected chi connectivity index (χ4v) is 0.524. The molecule has 1 unspecified atom stereocenters. The Kier molecular flexibility index (Phi) is 5.93. The number of likely N-dealkylation sites (N-methyl/N-ethyl adjacent to an activating group) is 1. The molecule has 0 heterocycles. The van der Waals surface area contributed by atoms with Crippen LogP contribution in [0, 0.1) is 0 Å². The van der Waals surface area contributed by atoms with Crippen molar-refractivity contribution < 1.29 is 5.11 Å². The molecule has 56 valence electrons. The van der Waals surface area contributed by atoms with Crippen molar-refractivity contribution in [2.45, 2.75) is 13.0 Å². The molecule has 3 heteroatoms. The van der Waals surface area contributed by atoms with Gasteiger partial charge in [0.05, 0.1) is 6.10 Å². The van der Waals surface area contributed by atoms with Gasteiger partial charge in [0.2, 0.25) is 0 Å². The fourth-order valence-electron chi connectivity index (χ4n) is 0.524. The number of aliphatic hydroxyl groups excluding tert-OH is 1. The van der Waals surface area contributed by atoms with Crippen LogP contribution in [-0.4, -0.2) is 37.9 Å². The molecule has 0 aliphatic carbocycles. The van der Waals surface area contributed by atoms with E-state index >= 15 is 0 Å². The molecule has 0 rings (SSSR count). The molecule has 0 spiro atoms. The lowest BCUT2D eigenvalue weighted by Gasteiger charge is -2.04. The zero-order valence-electron chi connectivity index (χ0n) is 6.15. The van der Waals surface area contributed by atoms with Crippen molar-refractivity contribution in [1.82, 2.24) is 10.6 Å². The van der Waals surface area contributed by atoms with E-state index in [0.717, 1.165) is 13.1 Å². The lowest BCUT2D eigenvalue weighted by molar-refractivity contribution is 0.191. The van der Waals surface area contributed by atoms with Gasteiger partial charge in [0, 0.05) is 19.6 Å². The predicted octanol–water partition coefficient (Wildman–Crippen LogP) is -0.824. The van der Waals surface area contributed by atoms with Crippen molar-refractivity contribution in [3.05, 3.63) is 0 Å². The molecule has 0 aliphatic heterocycles. The molecular formula is C6H16N2O. The molecule has 0 amide bonds. The maximum atomic E-state index is 8.77. The predicted molar refractivity (Wildman–Crippen MR) is 38.5 cm³/mol. The Hall–Kier alpha value is -0.120. The van der Waals surface area contributed by atoms with Crippen molar-refractivity contribution in [2.75, 3.05) is 26.7 Å². The molecule has 0 radical (unpaired) electrons. The Morgan fingerprint density at radius 3 is 2.56 bits per heavy atom. The lowest BCUT2D eigenvalue weighted by Crippen LogP contribution is -2.30. The third kappa shape index (κ3) is 7.88. The largest absolute Gasteiger partial charge is 0.392 e. The minimum Gasteiger partial charge on any atom is -0.392 e. The van der Waals surface area contributed by atoms with Gasteiger partial charge in [0.1, 0.15) is 0 Å². The van der Waals surface area contributed by atoms with E-state index < -0.39 is 0 Å². The molecule has 0 saturated carbocycles. The maximum Gasteiger partial charge on any atom is 0.0636 e. The molecule has 0 fully saturated rings. The normalized spacial score (nSPS) is 13.7. The van der Waals surface area contributed by atoms with E-state index in [0.29, 0.717) is 6.54 Å². The Labute approximate surface area is 56.5 Å². The Bertz CT molecular complexity index is 57.0. The van der Waals surface area contributed by atoms with Gasteiger partial charge in [-0.2, -0.15) is 0 Å². The minimum absolute atomic E-state index is 0.234. The molecule has 3 nitrogen and oxygen atoms in total. The van der Waals surface area contributed by atoms with Crippen LogP contribution in [0.5, 0.6) is 0 Å². The average Bonchev–Trinajstić information content (AvgIpc) is 1.80. The van der Waals surface area contributed by atoms with Gasteiger partial charge in [-0.15, -0.1) is 0 Å². The molecular weight excluding hydrogens is 116 g/mol. The summed E-state index contributed by atoms with van der Waals surface area (Å²) in [6.07, 6.45) is -0.234. The van der Waals surface area contributed by atoms with E-state index in [1.807, 2.05) is 7.05 Å². The molecule has 1 atom stereocenters. The Balaban J connectivity index is 2.75.